The first-order chi connectivity index (χ1) is 14.3. The van der Waals surface area contributed by atoms with E-state index in [1.807, 2.05) is 0 Å². The maximum atomic E-state index is 12.8. The average Bonchev–Trinajstić information content (AvgIpc) is 3.30. The summed E-state index contributed by atoms with van der Waals surface area (Å²) < 4.78 is 0. The smallest absolute Gasteiger partial charge is 0.237 e. The molecule has 29 heavy (non-hydrogen) atoms. The van der Waals surface area contributed by atoms with Crippen LogP contribution in [0.1, 0.15) is 49.7 Å². The lowest BCUT2D eigenvalue weighted by molar-refractivity contribution is -0.124. The summed E-state index contributed by atoms with van der Waals surface area (Å²) in [6.45, 7) is 2.78. The molecule has 4 heteroatoms. The summed E-state index contributed by atoms with van der Waals surface area (Å²) in [4.78, 5) is 15.4. The van der Waals surface area contributed by atoms with Crippen molar-refractivity contribution in [2.24, 2.45) is 0 Å². The first kappa shape index (κ1) is 20.1. The van der Waals surface area contributed by atoms with Gasteiger partial charge in [0.1, 0.15) is 0 Å². The third-order valence-corrected chi connectivity index (χ3v) is 6.36. The maximum absolute atomic E-state index is 12.8. The van der Waals surface area contributed by atoms with Crippen LogP contribution in [0.2, 0.25) is 0 Å². The van der Waals surface area contributed by atoms with Crippen molar-refractivity contribution in [3.8, 4) is 0 Å². The Balaban J connectivity index is 1.51. The number of hydrogen-bond acceptors (Lipinski definition) is 3. The van der Waals surface area contributed by atoms with Crippen molar-refractivity contribution in [3.63, 3.8) is 0 Å². The van der Waals surface area contributed by atoms with Crippen LogP contribution >= 0.6 is 0 Å². The van der Waals surface area contributed by atoms with Crippen molar-refractivity contribution in [1.82, 2.24) is 15.5 Å². The molecule has 3 atom stereocenters. The zero-order valence-corrected chi connectivity index (χ0v) is 17.2. The van der Waals surface area contributed by atoms with Crippen LogP contribution < -0.4 is 10.6 Å². The minimum Gasteiger partial charge on any atom is -0.350 e. The van der Waals surface area contributed by atoms with Crippen LogP contribution in [0.15, 0.2) is 60.7 Å². The lowest BCUT2D eigenvalue weighted by atomic mass is 9.88. The van der Waals surface area contributed by atoms with Gasteiger partial charge in [0, 0.05) is 25.2 Å². The van der Waals surface area contributed by atoms with Gasteiger partial charge < -0.3 is 10.6 Å². The minimum atomic E-state index is -0.00530. The topological polar surface area (TPSA) is 44.4 Å². The highest BCUT2D eigenvalue weighted by atomic mass is 16.2. The Hall–Kier alpha value is -2.17. The largest absolute Gasteiger partial charge is 0.350 e. The van der Waals surface area contributed by atoms with Crippen molar-refractivity contribution >= 4 is 5.91 Å². The summed E-state index contributed by atoms with van der Waals surface area (Å²) in [6.07, 6.45) is 6.70. The van der Waals surface area contributed by atoms with Crippen LogP contribution in [0, 0.1) is 0 Å². The Morgan fingerprint density at radius 2 is 1.48 bits per heavy atom. The van der Waals surface area contributed by atoms with Gasteiger partial charge in [-0.1, -0.05) is 73.5 Å². The molecule has 0 radical (unpaired) electrons. The summed E-state index contributed by atoms with van der Waals surface area (Å²) in [6, 6.07) is 22.0. The summed E-state index contributed by atoms with van der Waals surface area (Å²) in [5.74, 6) is 0.193. The standard InChI is InChI=1S/C25H33N3O/c29-25(23-15-9-17-26-23)27-22-14-7-8-16-24(22)28(18-20-10-3-1-4-11-20)19-21-12-5-2-6-13-21/h1-6,10-13,22-24,26H,7-9,14-19H2,(H,27,29)/t22-,23+,24-/m1/s1. The number of benzene rings is 2. The van der Waals surface area contributed by atoms with E-state index in [9.17, 15) is 4.79 Å². The molecule has 2 aromatic carbocycles. The monoisotopic (exact) mass is 391 g/mol. The second-order valence-electron chi connectivity index (χ2n) is 8.49. The lowest BCUT2D eigenvalue weighted by Gasteiger charge is -2.41. The van der Waals surface area contributed by atoms with Gasteiger partial charge in [-0.05, 0) is 43.4 Å². The molecule has 4 rings (SSSR count). The van der Waals surface area contributed by atoms with E-state index in [1.165, 1.54) is 24.0 Å². The van der Waals surface area contributed by atoms with Gasteiger partial charge in [0.15, 0.2) is 0 Å². The number of hydrogen-bond donors (Lipinski definition) is 2. The summed E-state index contributed by atoms with van der Waals surface area (Å²) in [5.41, 5.74) is 2.66. The normalized spacial score (nSPS) is 24.5. The molecule has 1 aliphatic carbocycles. The van der Waals surface area contributed by atoms with Gasteiger partial charge in [-0.3, -0.25) is 9.69 Å². The van der Waals surface area contributed by atoms with Crippen molar-refractivity contribution in [2.45, 2.75) is 69.7 Å². The highest BCUT2D eigenvalue weighted by Gasteiger charge is 2.33. The number of carbonyl (C=O) groups excluding carboxylic acids is 1. The van der Waals surface area contributed by atoms with Crippen molar-refractivity contribution in [1.29, 1.82) is 0 Å². The average molecular weight is 392 g/mol. The molecule has 2 N–H and O–H groups in total. The van der Waals surface area contributed by atoms with Gasteiger partial charge in [0.05, 0.1) is 6.04 Å². The summed E-state index contributed by atoms with van der Waals surface area (Å²) in [7, 11) is 0. The van der Waals surface area contributed by atoms with E-state index >= 15 is 0 Å². The van der Waals surface area contributed by atoms with Gasteiger partial charge in [-0.2, -0.15) is 0 Å². The molecule has 0 bridgehead atoms. The van der Waals surface area contributed by atoms with E-state index in [0.717, 1.165) is 45.3 Å². The first-order valence-corrected chi connectivity index (χ1v) is 11.2. The highest BCUT2D eigenvalue weighted by molar-refractivity contribution is 5.82. The van der Waals surface area contributed by atoms with Crippen LogP contribution in [-0.4, -0.2) is 35.5 Å². The molecule has 154 valence electrons. The highest BCUT2D eigenvalue weighted by Crippen LogP contribution is 2.27. The van der Waals surface area contributed by atoms with Crippen molar-refractivity contribution in [3.05, 3.63) is 71.8 Å². The van der Waals surface area contributed by atoms with Gasteiger partial charge in [-0.15, -0.1) is 0 Å². The Morgan fingerprint density at radius 3 is 2.07 bits per heavy atom. The first-order valence-electron chi connectivity index (χ1n) is 11.2. The SMILES string of the molecule is O=C(N[C@@H]1CCCC[C@H]1N(Cc1ccccc1)Cc1ccccc1)[C@@H]1CCCN1. The molecule has 1 aliphatic heterocycles. The molecule has 2 aromatic rings. The van der Waals surface area contributed by atoms with E-state index in [1.54, 1.807) is 0 Å². The maximum Gasteiger partial charge on any atom is 0.237 e. The molecule has 1 amide bonds. The van der Waals surface area contributed by atoms with Crippen molar-refractivity contribution < 1.29 is 4.79 Å². The number of carbonyl (C=O) groups is 1. The fourth-order valence-corrected chi connectivity index (χ4v) is 4.83. The quantitative estimate of drug-likeness (QED) is 0.753. The number of nitrogens with zero attached hydrogens (tertiary/aromatic N) is 1. The Kier molecular flexibility index (Phi) is 6.96. The number of rotatable bonds is 7. The van der Waals surface area contributed by atoms with E-state index in [2.05, 4.69) is 76.2 Å². The van der Waals surface area contributed by atoms with Gasteiger partial charge in [0.25, 0.3) is 0 Å². The molecule has 0 aromatic heterocycles. The number of amides is 1. The van der Waals surface area contributed by atoms with Crippen LogP contribution in [0.4, 0.5) is 0 Å². The van der Waals surface area contributed by atoms with E-state index in [-0.39, 0.29) is 18.0 Å². The van der Waals surface area contributed by atoms with E-state index < -0.39 is 0 Å². The lowest BCUT2D eigenvalue weighted by Crippen LogP contribution is -2.55. The molecule has 0 spiro atoms. The van der Waals surface area contributed by atoms with Gasteiger partial charge in [0.2, 0.25) is 5.91 Å². The molecular weight excluding hydrogens is 358 g/mol. The van der Waals surface area contributed by atoms with E-state index in [0.29, 0.717) is 6.04 Å². The Labute approximate surface area is 174 Å². The Morgan fingerprint density at radius 1 is 0.862 bits per heavy atom. The van der Waals surface area contributed by atoms with Crippen molar-refractivity contribution in [2.75, 3.05) is 6.54 Å². The zero-order valence-electron chi connectivity index (χ0n) is 17.2. The van der Waals surface area contributed by atoms with Crippen LogP contribution in [0.3, 0.4) is 0 Å². The molecule has 1 heterocycles. The second-order valence-corrected chi connectivity index (χ2v) is 8.49. The molecule has 2 aliphatic rings. The minimum absolute atomic E-state index is 0.00530. The molecule has 1 saturated heterocycles. The fraction of sp³-hybridized carbons (Fsp3) is 0.480. The van der Waals surface area contributed by atoms with Gasteiger partial charge >= 0.3 is 0 Å². The predicted molar refractivity (Wildman–Crippen MR) is 117 cm³/mol. The third kappa shape index (κ3) is 5.46. The predicted octanol–water partition coefficient (Wildman–Crippen LogP) is 3.87. The fourth-order valence-electron chi connectivity index (χ4n) is 4.83. The molecule has 1 saturated carbocycles. The van der Waals surface area contributed by atoms with E-state index in [4.69, 9.17) is 0 Å². The Bertz CT molecular complexity index is 717. The molecule has 0 unspecified atom stereocenters. The molecule has 4 nitrogen and oxygen atoms in total. The van der Waals surface area contributed by atoms with Crippen LogP contribution in [-0.2, 0) is 17.9 Å². The summed E-state index contributed by atoms with van der Waals surface area (Å²) >= 11 is 0. The third-order valence-electron chi connectivity index (χ3n) is 6.36. The van der Waals surface area contributed by atoms with Crippen LogP contribution in [0.25, 0.3) is 0 Å². The molecular formula is C25H33N3O. The summed E-state index contributed by atoms with van der Waals surface area (Å²) in [5, 5.41) is 6.76. The second kappa shape index (κ2) is 10.0. The number of nitrogens with one attached hydrogen (secondary N) is 2. The zero-order chi connectivity index (χ0) is 19.9. The van der Waals surface area contributed by atoms with Gasteiger partial charge in [-0.25, -0.2) is 0 Å². The van der Waals surface area contributed by atoms with Crippen LogP contribution in [0.5, 0.6) is 0 Å². The molecule has 2 fully saturated rings.